The number of aliphatic imine (C=N–C) groups is 1. The second-order valence-electron chi connectivity index (χ2n) is 14.9. The first-order valence-corrected chi connectivity index (χ1v) is 18.5. The summed E-state index contributed by atoms with van der Waals surface area (Å²) in [7, 11) is 0. The third-order valence-corrected chi connectivity index (χ3v) is 11.3. The van der Waals surface area contributed by atoms with E-state index in [0.29, 0.717) is 0 Å². The molecule has 3 heteroatoms. The van der Waals surface area contributed by atoms with Gasteiger partial charge in [-0.3, -0.25) is 5.32 Å². The molecule has 0 fully saturated rings. The number of fused-ring (bicyclic) bond motifs is 5. The number of benzene rings is 8. The minimum Gasteiger partial charge on any atom is -0.350 e. The summed E-state index contributed by atoms with van der Waals surface area (Å²) in [4.78, 5) is 5.54. The lowest BCUT2D eigenvalue weighted by Crippen LogP contribution is -2.45. The fourth-order valence-corrected chi connectivity index (χ4v) is 8.54. The quantitative estimate of drug-likeness (QED) is 0.190. The van der Waals surface area contributed by atoms with Gasteiger partial charge in [-0.2, -0.15) is 0 Å². The van der Waals surface area contributed by atoms with Crippen LogP contribution in [0.3, 0.4) is 0 Å². The molecule has 8 aromatic rings. The van der Waals surface area contributed by atoms with Crippen LogP contribution < -0.4 is 10.6 Å². The number of rotatable bonds is 5. The van der Waals surface area contributed by atoms with Crippen LogP contribution in [0.15, 0.2) is 181 Å². The van der Waals surface area contributed by atoms with E-state index in [1.165, 1.54) is 77.2 Å². The van der Waals surface area contributed by atoms with Crippen LogP contribution in [0.2, 0.25) is 0 Å². The van der Waals surface area contributed by atoms with Gasteiger partial charge in [0.1, 0.15) is 18.2 Å². The minimum atomic E-state index is -0.299. The van der Waals surface area contributed by atoms with Gasteiger partial charge in [0.05, 0.1) is 0 Å². The van der Waals surface area contributed by atoms with E-state index in [0.717, 1.165) is 11.4 Å². The molecule has 3 nitrogen and oxygen atoms in total. The molecule has 0 bridgehead atoms. The number of nitrogens with one attached hydrogen (secondary N) is 2. The molecule has 0 aromatic heterocycles. The van der Waals surface area contributed by atoms with E-state index in [1.807, 2.05) is 0 Å². The van der Waals surface area contributed by atoms with Crippen LogP contribution in [0, 0.1) is 0 Å². The van der Waals surface area contributed by atoms with Gasteiger partial charge in [0, 0.05) is 16.5 Å². The zero-order valence-electron chi connectivity index (χ0n) is 29.8. The van der Waals surface area contributed by atoms with E-state index in [4.69, 9.17) is 4.99 Å². The first-order valence-electron chi connectivity index (χ1n) is 18.5. The van der Waals surface area contributed by atoms with Crippen LogP contribution in [0.5, 0.6) is 0 Å². The highest BCUT2D eigenvalue weighted by Crippen LogP contribution is 2.54. The van der Waals surface area contributed by atoms with E-state index in [9.17, 15) is 0 Å². The Hall–Kier alpha value is -6.29. The molecule has 0 radical (unpaired) electrons. The summed E-state index contributed by atoms with van der Waals surface area (Å²) >= 11 is 0. The predicted molar refractivity (Wildman–Crippen MR) is 221 cm³/mol. The highest BCUT2D eigenvalue weighted by molar-refractivity contribution is 6.02. The van der Waals surface area contributed by atoms with Gasteiger partial charge in [-0.15, -0.1) is 0 Å². The first-order chi connectivity index (χ1) is 26.0. The van der Waals surface area contributed by atoms with Gasteiger partial charge in [-0.25, -0.2) is 4.99 Å². The maximum absolute atomic E-state index is 5.54. The zero-order chi connectivity index (χ0) is 35.5. The van der Waals surface area contributed by atoms with Crippen molar-refractivity contribution in [3.63, 3.8) is 0 Å². The second-order valence-corrected chi connectivity index (χ2v) is 14.9. The Labute approximate surface area is 310 Å². The molecule has 1 aliphatic carbocycles. The Morgan fingerprint density at radius 3 is 1.89 bits per heavy atom. The summed E-state index contributed by atoms with van der Waals surface area (Å²) in [5, 5.41) is 12.7. The van der Waals surface area contributed by atoms with Crippen LogP contribution in [-0.4, -0.2) is 5.84 Å². The van der Waals surface area contributed by atoms with Crippen LogP contribution in [0.25, 0.3) is 54.9 Å². The monoisotopic (exact) mass is 681 g/mol. The molecule has 2 unspecified atom stereocenters. The third kappa shape index (κ3) is 5.35. The number of hydrogen-bond acceptors (Lipinski definition) is 3. The van der Waals surface area contributed by atoms with E-state index in [1.54, 1.807) is 0 Å². The molecule has 0 saturated carbocycles. The van der Waals surface area contributed by atoms with Crippen molar-refractivity contribution in [2.24, 2.45) is 4.99 Å². The van der Waals surface area contributed by atoms with Crippen LogP contribution >= 0.6 is 0 Å². The first kappa shape index (κ1) is 31.4. The fourth-order valence-electron chi connectivity index (χ4n) is 8.54. The Balaban J connectivity index is 1.14. The summed E-state index contributed by atoms with van der Waals surface area (Å²) in [6.45, 7) is 4.76. The molecule has 0 saturated heterocycles. The molecule has 0 amide bonds. The van der Waals surface area contributed by atoms with Crippen LogP contribution in [-0.2, 0) is 5.41 Å². The van der Waals surface area contributed by atoms with Crippen molar-refractivity contribution in [1.29, 1.82) is 0 Å². The highest BCUT2D eigenvalue weighted by atomic mass is 15.3. The Bertz CT molecular complexity index is 2690. The lowest BCUT2D eigenvalue weighted by atomic mass is 9.80. The van der Waals surface area contributed by atoms with Gasteiger partial charge >= 0.3 is 0 Å². The molecule has 10 rings (SSSR count). The van der Waals surface area contributed by atoms with E-state index < -0.39 is 0 Å². The van der Waals surface area contributed by atoms with Crippen LogP contribution in [0.1, 0.15) is 54.0 Å². The normalized spacial score (nSPS) is 17.2. The molecular weight excluding hydrogens is 643 g/mol. The molecular formula is C50H39N3. The Morgan fingerprint density at radius 2 is 1.09 bits per heavy atom. The van der Waals surface area contributed by atoms with Gasteiger partial charge < -0.3 is 5.32 Å². The summed E-state index contributed by atoms with van der Waals surface area (Å²) in [5.74, 6) is 0.882. The zero-order valence-corrected chi connectivity index (χ0v) is 29.8. The Kier molecular flexibility index (Phi) is 7.38. The lowest BCUT2D eigenvalue weighted by Gasteiger charge is -2.34. The summed E-state index contributed by atoms with van der Waals surface area (Å²) in [5.41, 5.74) is 13.4. The van der Waals surface area contributed by atoms with Gasteiger partial charge in [0.15, 0.2) is 0 Å². The van der Waals surface area contributed by atoms with Gasteiger partial charge in [0.2, 0.25) is 0 Å². The predicted octanol–water partition coefficient (Wildman–Crippen LogP) is 12.0. The number of nitrogens with zero attached hydrogens (tertiary/aromatic N) is 1. The fraction of sp³-hybridized carbons (Fsp3) is 0.100. The molecule has 2 atom stereocenters. The van der Waals surface area contributed by atoms with Crippen LogP contribution in [0.4, 0.5) is 0 Å². The molecule has 254 valence electrons. The van der Waals surface area contributed by atoms with E-state index in [2.05, 4.69) is 200 Å². The van der Waals surface area contributed by atoms with Gasteiger partial charge in [0.25, 0.3) is 0 Å². The molecule has 8 aromatic carbocycles. The van der Waals surface area contributed by atoms with Crippen molar-refractivity contribution in [2.45, 2.75) is 31.6 Å². The number of hydrogen-bond donors (Lipinski definition) is 2. The Morgan fingerprint density at radius 1 is 0.491 bits per heavy atom. The maximum Gasteiger partial charge on any atom is 0.131 e. The third-order valence-electron chi connectivity index (χ3n) is 11.3. The maximum atomic E-state index is 5.54. The minimum absolute atomic E-state index is 0.138. The van der Waals surface area contributed by atoms with Crippen molar-refractivity contribution >= 4 is 27.4 Å². The molecule has 2 N–H and O–H groups in total. The molecule has 1 aliphatic heterocycles. The standard InChI is InChI=1S/C50H39N3/c1-50(2)43-30-39(38-26-23-33-15-9-10-18-37(33)29-38)27-28-42(43)45-44(50)31-40-19-11-12-20-41(40)46(45)49-52-47(35-16-7-4-8-17-35)51-48(53-49)36-24-21-34(22-25-36)32-13-5-3-6-14-32/h3-31,47,49,52H,1-2H3,(H,51,53). The van der Waals surface area contributed by atoms with Crippen molar-refractivity contribution in [1.82, 2.24) is 10.6 Å². The molecule has 53 heavy (non-hydrogen) atoms. The number of amidine groups is 1. The van der Waals surface area contributed by atoms with Crippen molar-refractivity contribution in [2.75, 3.05) is 0 Å². The van der Waals surface area contributed by atoms with Crippen molar-refractivity contribution in [3.8, 4) is 33.4 Å². The van der Waals surface area contributed by atoms with E-state index in [-0.39, 0.29) is 17.7 Å². The SMILES string of the molecule is CC1(C)c2cc(-c3ccc4ccccc4c3)ccc2-c2c1cc1ccccc1c2C1N=C(c2ccc(-c3ccccc3)cc2)NC(c2ccccc2)N1. The summed E-state index contributed by atoms with van der Waals surface area (Å²) in [6, 6.07) is 63.7. The van der Waals surface area contributed by atoms with Crippen molar-refractivity contribution in [3.05, 3.63) is 204 Å². The smallest absolute Gasteiger partial charge is 0.131 e. The van der Waals surface area contributed by atoms with Crippen molar-refractivity contribution < 1.29 is 0 Å². The topological polar surface area (TPSA) is 36.4 Å². The lowest BCUT2D eigenvalue weighted by molar-refractivity contribution is 0.411. The van der Waals surface area contributed by atoms with E-state index >= 15 is 0 Å². The van der Waals surface area contributed by atoms with Gasteiger partial charge in [-0.05, 0) is 89.8 Å². The summed E-state index contributed by atoms with van der Waals surface area (Å²) in [6.07, 6.45) is -0.437. The molecule has 2 aliphatic rings. The molecule has 1 heterocycles. The summed E-state index contributed by atoms with van der Waals surface area (Å²) < 4.78 is 0. The second kappa shape index (κ2) is 12.4. The average Bonchev–Trinajstić information content (AvgIpc) is 3.45. The molecule has 0 spiro atoms. The highest BCUT2D eigenvalue weighted by Gasteiger charge is 2.40. The van der Waals surface area contributed by atoms with Gasteiger partial charge in [-0.1, -0.05) is 172 Å². The average molecular weight is 682 g/mol. The largest absolute Gasteiger partial charge is 0.350 e.